The molecule has 0 amide bonds. The van der Waals surface area contributed by atoms with E-state index >= 15 is 0 Å². The molecule has 0 radical (unpaired) electrons. The van der Waals surface area contributed by atoms with Crippen LogP contribution in [0.25, 0.3) is 0 Å². The summed E-state index contributed by atoms with van der Waals surface area (Å²) in [4.78, 5) is 14.7. The fourth-order valence-electron chi connectivity index (χ4n) is 1.19. The summed E-state index contributed by atoms with van der Waals surface area (Å²) in [6.45, 7) is 0. The van der Waals surface area contributed by atoms with Crippen molar-refractivity contribution in [2.45, 2.75) is 18.7 Å². The molecule has 0 saturated carbocycles. The summed E-state index contributed by atoms with van der Waals surface area (Å²) in [5, 5.41) is 0. The number of pyridine rings is 1. The van der Waals surface area contributed by atoms with Crippen LogP contribution in [0.4, 0.5) is 8.78 Å². The average molecular weight is 250 g/mol. The summed E-state index contributed by atoms with van der Waals surface area (Å²) in [5.41, 5.74) is 0.102. The van der Waals surface area contributed by atoms with Gasteiger partial charge in [0.2, 0.25) is 0 Å². The minimum atomic E-state index is -2.73. The van der Waals surface area contributed by atoms with E-state index in [1.165, 1.54) is 19.2 Å². The molecule has 0 fully saturated rings. The van der Waals surface area contributed by atoms with Crippen molar-refractivity contribution in [3.05, 3.63) is 29.1 Å². The van der Waals surface area contributed by atoms with Crippen LogP contribution < -0.4 is 0 Å². The molecule has 0 saturated heterocycles. The minimum absolute atomic E-state index is 0.0538. The van der Waals surface area contributed by atoms with E-state index in [4.69, 9.17) is 11.6 Å². The Morgan fingerprint density at radius 3 is 2.75 bits per heavy atom. The lowest BCUT2D eigenvalue weighted by Crippen LogP contribution is -2.09. The summed E-state index contributed by atoms with van der Waals surface area (Å²) in [5.74, 6) is -0.527. The number of esters is 1. The lowest BCUT2D eigenvalue weighted by Gasteiger charge is -2.08. The standard InChI is InChI=1S/C10H10ClF2NO2/c1-16-8(15)4-6-2-3-7(5-11)14-9(6)10(12)13/h2-3,10H,4-5H2,1H3. The smallest absolute Gasteiger partial charge is 0.310 e. The molecule has 0 bridgehead atoms. The molecule has 6 heteroatoms. The Balaban J connectivity index is 3.03. The highest BCUT2D eigenvalue weighted by atomic mass is 35.5. The number of rotatable bonds is 4. The average Bonchev–Trinajstić information content (AvgIpc) is 2.29. The monoisotopic (exact) mass is 249 g/mol. The van der Waals surface area contributed by atoms with Crippen molar-refractivity contribution in [2.24, 2.45) is 0 Å². The van der Waals surface area contributed by atoms with Crippen molar-refractivity contribution in [3.63, 3.8) is 0 Å². The van der Waals surface area contributed by atoms with Gasteiger partial charge in [0, 0.05) is 0 Å². The van der Waals surface area contributed by atoms with E-state index < -0.39 is 18.1 Å². The second-order valence-electron chi connectivity index (χ2n) is 3.03. The van der Waals surface area contributed by atoms with Gasteiger partial charge in [0.05, 0.1) is 25.1 Å². The van der Waals surface area contributed by atoms with Gasteiger partial charge >= 0.3 is 5.97 Å². The first kappa shape index (κ1) is 12.8. The molecule has 16 heavy (non-hydrogen) atoms. The third kappa shape index (κ3) is 3.13. The van der Waals surface area contributed by atoms with Gasteiger partial charge in [0.1, 0.15) is 5.69 Å². The third-order valence-corrected chi connectivity index (χ3v) is 2.25. The van der Waals surface area contributed by atoms with Crippen LogP contribution in [0.3, 0.4) is 0 Å². The molecule has 88 valence electrons. The van der Waals surface area contributed by atoms with Gasteiger partial charge in [-0.25, -0.2) is 8.78 Å². The SMILES string of the molecule is COC(=O)Cc1ccc(CCl)nc1C(F)F. The number of carbonyl (C=O) groups is 1. The highest BCUT2D eigenvalue weighted by molar-refractivity contribution is 6.16. The highest BCUT2D eigenvalue weighted by Crippen LogP contribution is 2.22. The van der Waals surface area contributed by atoms with Crippen LogP contribution in [0.2, 0.25) is 0 Å². The van der Waals surface area contributed by atoms with Gasteiger partial charge in [-0.1, -0.05) is 6.07 Å². The summed E-state index contributed by atoms with van der Waals surface area (Å²) in [7, 11) is 1.20. The Morgan fingerprint density at radius 1 is 1.56 bits per heavy atom. The molecule has 0 atom stereocenters. The number of alkyl halides is 3. The molecule has 0 aliphatic carbocycles. The van der Waals surface area contributed by atoms with Crippen LogP contribution in [-0.2, 0) is 21.8 Å². The Hall–Kier alpha value is -1.23. The van der Waals surface area contributed by atoms with Crippen molar-refractivity contribution in [3.8, 4) is 0 Å². The normalized spacial score (nSPS) is 10.6. The fraction of sp³-hybridized carbons (Fsp3) is 0.400. The quantitative estimate of drug-likeness (QED) is 0.608. The van der Waals surface area contributed by atoms with E-state index in [0.29, 0.717) is 5.69 Å². The molecule has 1 heterocycles. The zero-order valence-corrected chi connectivity index (χ0v) is 9.30. The number of aromatic nitrogens is 1. The number of halogens is 3. The maximum Gasteiger partial charge on any atom is 0.310 e. The number of ether oxygens (including phenoxy) is 1. The Bertz CT molecular complexity index is 385. The van der Waals surface area contributed by atoms with Crippen LogP contribution >= 0.6 is 11.6 Å². The third-order valence-electron chi connectivity index (χ3n) is 1.98. The van der Waals surface area contributed by atoms with E-state index in [-0.39, 0.29) is 17.9 Å². The van der Waals surface area contributed by atoms with Gasteiger partial charge in [-0.15, -0.1) is 11.6 Å². The van der Waals surface area contributed by atoms with Crippen LogP contribution in [0.15, 0.2) is 12.1 Å². The zero-order valence-electron chi connectivity index (χ0n) is 8.54. The van der Waals surface area contributed by atoms with Crippen LogP contribution in [0, 0.1) is 0 Å². The summed E-state index contributed by atoms with van der Waals surface area (Å²) < 4.78 is 29.7. The summed E-state index contributed by atoms with van der Waals surface area (Å²) >= 11 is 5.49. The predicted molar refractivity (Wildman–Crippen MR) is 54.5 cm³/mol. The van der Waals surface area contributed by atoms with Crippen molar-refractivity contribution in [1.29, 1.82) is 0 Å². The summed E-state index contributed by atoms with van der Waals surface area (Å²) in [6.07, 6.45) is -2.95. The topological polar surface area (TPSA) is 39.2 Å². The minimum Gasteiger partial charge on any atom is -0.469 e. The Morgan fingerprint density at radius 2 is 2.25 bits per heavy atom. The molecule has 0 aliphatic rings. The molecular formula is C10H10ClF2NO2. The number of methoxy groups -OCH3 is 1. The molecule has 0 spiro atoms. The first-order chi connectivity index (χ1) is 7.58. The molecule has 0 N–H and O–H groups in total. The van der Waals surface area contributed by atoms with E-state index in [9.17, 15) is 13.6 Å². The van der Waals surface area contributed by atoms with Gasteiger partial charge in [-0.2, -0.15) is 0 Å². The molecule has 3 nitrogen and oxygen atoms in total. The maximum absolute atomic E-state index is 12.6. The van der Waals surface area contributed by atoms with E-state index in [1.807, 2.05) is 0 Å². The molecule has 1 rings (SSSR count). The number of hydrogen-bond donors (Lipinski definition) is 0. The number of nitrogens with zero attached hydrogens (tertiary/aromatic N) is 1. The predicted octanol–water partition coefficient (Wildman–Crippen LogP) is 2.47. The van der Waals surface area contributed by atoms with E-state index in [0.717, 1.165) is 0 Å². The second kappa shape index (κ2) is 5.75. The van der Waals surface area contributed by atoms with Crippen molar-refractivity contribution in [2.75, 3.05) is 7.11 Å². The van der Waals surface area contributed by atoms with Crippen LogP contribution in [-0.4, -0.2) is 18.1 Å². The van der Waals surface area contributed by atoms with Gasteiger partial charge < -0.3 is 4.74 Å². The molecule has 0 aliphatic heterocycles. The number of carbonyl (C=O) groups excluding carboxylic acids is 1. The molecule has 1 aromatic rings. The van der Waals surface area contributed by atoms with Crippen molar-refractivity contribution >= 4 is 17.6 Å². The van der Waals surface area contributed by atoms with E-state index in [1.54, 1.807) is 0 Å². The summed E-state index contributed by atoms with van der Waals surface area (Å²) in [6, 6.07) is 2.93. The molecule has 0 unspecified atom stereocenters. The Kier molecular flexibility index (Phi) is 4.61. The first-order valence-corrected chi connectivity index (χ1v) is 5.01. The molecular weight excluding hydrogens is 240 g/mol. The largest absolute Gasteiger partial charge is 0.469 e. The first-order valence-electron chi connectivity index (χ1n) is 4.48. The van der Waals surface area contributed by atoms with Gasteiger partial charge in [0.15, 0.2) is 0 Å². The van der Waals surface area contributed by atoms with Gasteiger partial charge in [0.25, 0.3) is 6.43 Å². The van der Waals surface area contributed by atoms with Gasteiger partial charge in [-0.05, 0) is 11.6 Å². The highest BCUT2D eigenvalue weighted by Gasteiger charge is 2.17. The fourth-order valence-corrected chi connectivity index (χ4v) is 1.34. The second-order valence-corrected chi connectivity index (χ2v) is 3.30. The molecule has 0 aromatic carbocycles. The van der Waals surface area contributed by atoms with Crippen molar-refractivity contribution in [1.82, 2.24) is 4.98 Å². The Labute approximate surface area is 96.4 Å². The van der Waals surface area contributed by atoms with Crippen LogP contribution in [0.1, 0.15) is 23.4 Å². The maximum atomic E-state index is 12.6. The van der Waals surface area contributed by atoms with E-state index in [2.05, 4.69) is 9.72 Å². The van der Waals surface area contributed by atoms with Crippen molar-refractivity contribution < 1.29 is 18.3 Å². The lowest BCUT2D eigenvalue weighted by molar-refractivity contribution is -0.139. The molecule has 1 aromatic heterocycles. The van der Waals surface area contributed by atoms with Gasteiger partial charge in [-0.3, -0.25) is 9.78 Å². The van der Waals surface area contributed by atoms with Crippen LogP contribution in [0.5, 0.6) is 0 Å². The lowest BCUT2D eigenvalue weighted by atomic mass is 10.1. The number of hydrogen-bond acceptors (Lipinski definition) is 3. The zero-order chi connectivity index (χ0) is 12.1.